The van der Waals surface area contributed by atoms with Crippen LogP contribution in [0.4, 0.5) is 11.5 Å². The van der Waals surface area contributed by atoms with Gasteiger partial charge < -0.3 is 29.6 Å². The lowest BCUT2D eigenvalue weighted by Crippen LogP contribution is -2.49. The number of nitrogens with zero attached hydrogens (tertiary/aromatic N) is 3. The van der Waals surface area contributed by atoms with E-state index in [1.807, 2.05) is 53.4 Å². The van der Waals surface area contributed by atoms with Crippen LogP contribution in [0.1, 0.15) is 29.8 Å². The first-order chi connectivity index (χ1) is 19.0. The van der Waals surface area contributed by atoms with Crippen LogP contribution in [0, 0.1) is 0 Å². The Bertz CT molecular complexity index is 1430. The minimum Gasteiger partial charge on any atom is -0.482 e. The fourth-order valence-electron chi connectivity index (χ4n) is 4.65. The van der Waals surface area contributed by atoms with Crippen LogP contribution in [0.25, 0.3) is 10.9 Å². The molecule has 3 heterocycles. The molecule has 5 rings (SSSR count). The van der Waals surface area contributed by atoms with Crippen LogP contribution in [0.2, 0.25) is 0 Å². The van der Waals surface area contributed by atoms with Gasteiger partial charge in [0.15, 0.2) is 12.4 Å². The minimum absolute atomic E-state index is 0.0399. The van der Waals surface area contributed by atoms with Gasteiger partial charge in [0.05, 0.1) is 11.3 Å². The number of aromatic amines is 1. The Hall–Kier alpha value is -4.53. The Kier molecular flexibility index (Phi) is 7.96. The number of hydrogen-bond acceptors (Lipinski definition) is 7. The molecule has 1 aliphatic heterocycles. The second-order valence-corrected chi connectivity index (χ2v) is 9.80. The number of aromatic nitrogens is 2. The van der Waals surface area contributed by atoms with E-state index in [4.69, 9.17) is 9.47 Å². The summed E-state index contributed by atoms with van der Waals surface area (Å²) in [6, 6.07) is 19.2. The lowest BCUT2D eigenvalue weighted by Gasteiger charge is -2.36. The first-order valence-corrected chi connectivity index (χ1v) is 13.2. The van der Waals surface area contributed by atoms with Crippen molar-refractivity contribution in [3.63, 3.8) is 0 Å². The van der Waals surface area contributed by atoms with Crippen LogP contribution >= 0.6 is 0 Å². The zero-order chi connectivity index (χ0) is 27.2. The van der Waals surface area contributed by atoms with Gasteiger partial charge in [-0.15, -0.1) is 0 Å². The summed E-state index contributed by atoms with van der Waals surface area (Å²) in [5.74, 6) is 0.913. The van der Waals surface area contributed by atoms with Gasteiger partial charge in [0.25, 0.3) is 5.91 Å². The molecule has 0 atom stereocenters. The van der Waals surface area contributed by atoms with Crippen molar-refractivity contribution in [1.29, 1.82) is 0 Å². The van der Waals surface area contributed by atoms with Crippen molar-refractivity contribution in [3.05, 3.63) is 84.2 Å². The summed E-state index contributed by atoms with van der Waals surface area (Å²) in [4.78, 5) is 37.5. The van der Waals surface area contributed by atoms with E-state index in [0.29, 0.717) is 43.5 Å². The van der Waals surface area contributed by atoms with Gasteiger partial charge in [-0.1, -0.05) is 30.3 Å². The normalized spacial score (nSPS) is 13.5. The average molecular weight is 528 g/mol. The molecule has 0 saturated carbocycles. The second-order valence-electron chi connectivity index (χ2n) is 9.80. The lowest BCUT2D eigenvalue weighted by molar-refractivity contribution is -0.147. The van der Waals surface area contributed by atoms with E-state index in [1.54, 1.807) is 24.5 Å². The fraction of sp³-hybridized carbons (Fsp3) is 0.300. The van der Waals surface area contributed by atoms with Crippen LogP contribution in [0.15, 0.2) is 73.1 Å². The summed E-state index contributed by atoms with van der Waals surface area (Å²) in [7, 11) is 0. The molecular formula is C30H33N5O4. The number of anilines is 2. The molecule has 1 aliphatic rings. The number of ether oxygens (including phenoxy) is 2. The molecule has 0 aliphatic carbocycles. The third kappa shape index (κ3) is 6.31. The number of nitrogens with one attached hydrogen (secondary N) is 2. The average Bonchev–Trinajstić information content (AvgIpc) is 3.38. The molecule has 0 radical (unpaired) electrons. The number of carbonyl (C=O) groups excluding carboxylic acids is 2. The number of benzene rings is 2. The summed E-state index contributed by atoms with van der Waals surface area (Å²) in [6.07, 6.45) is 3.54. The molecule has 202 valence electrons. The highest BCUT2D eigenvalue weighted by atomic mass is 16.6. The molecule has 2 aromatic carbocycles. The summed E-state index contributed by atoms with van der Waals surface area (Å²) in [5.41, 5.74) is 3.32. The van der Waals surface area contributed by atoms with Crippen molar-refractivity contribution in [1.82, 2.24) is 14.9 Å². The highest BCUT2D eigenvalue weighted by molar-refractivity contribution is 6.07. The number of amides is 1. The molecule has 0 unspecified atom stereocenters. The molecule has 2 aromatic heterocycles. The van der Waals surface area contributed by atoms with Gasteiger partial charge in [0.1, 0.15) is 12.4 Å². The quantitative estimate of drug-likeness (QED) is 0.310. The number of esters is 1. The monoisotopic (exact) mass is 527 g/mol. The smallest absolute Gasteiger partial charge is 0.344 e. The zero-order valence-corrected chi connectivity index (χ0v) is 22.2. The van der Waals surface area contributed by atoms with E-state index in [0.717, 1.165) is 28.0 Å². The number of rotatable bonds is 9. The summed E-state index contributed by atoms with van der Waals surface area (Å²) in [6.45, 7) is 6.75. The maximum absolute atomic E-state index is 13.5. The third-order valence-corrected chi connectivity index (χ3v) is 6.58. The first-order valence-electron chi connectivity index (χ1n) is 13.2. The number of H-pyrrole nitrogens is 1. The van der Waals surface area contributed by atoms with Gasteiger partial charge in [-0.05, 0) is 49.7 Å². The second kappa shape index (κ2) is 11.9. The Balaban J connectivity index is 1.20. The fourth-order valence-corrected chi connectivity index (χ4v) is 4.65. The van der Waals surface area contributed by atoms with Gasteiger partial charge in [0.2, 0.25) is 0 Å². The molecular weight excluding hydrogens is 494 g/mol. The predicted molar refractivity (Wildman–Crippen MR) is 151 cm³/mol. The van der Waals surface area contributed by atoms with E-state index in [1.165, 1.54) is 0 Å². The lowest BCUT2D eigenvalue weighted by atomic mass is 10.1. The highest BCUT2D eigenvalue weighted by Crippen LogP contribution is 2.27. The Morgan fingerprint density at radius 3 is 2.59 bits per heavy atom. The SMILES string of the molecule is CC(C)Nc1cccnc1N1CCN(C(=O)c2c[nH]c3ccc(OCC(=O)OCc4ccccc4)cc23)CC1. The molecule has 0 spiro atoms. The van der Waals surface area contributed by atoms with Gasteiger partial charge in [-0.25, -0.2) is 9.78 Å². The molecule has 1 amide bonds. The van der Waals surface area contributed by atoms with E-state index in [9.17, 15) is 9.59 Å². The highest BCUT2D eigenvalue weighted by Gasteiger charge is 2.26. The van der Waals surface area contributed by atoms with Crippen LogP contribution in [-0.2, 0) is 16.1 Å². The molecule has 0 bridgehead atoms. The van der Waals surface area contributed by atoms with E-state index >= 15 is 0 Å². The molecule has 2 N–H and O–H groups in total. The largest absolute Gasteiger partial charge is 0.482 e. The maximum atomic E-state index is 13.5. The Morgan fingerprint density at radius 2 is 1.82 bits per heavy atom. The molecule has 1 saturated heterocycles. The van der Waals surface area contributed by atoms with Crippen LogP contribution < -0.4 is 15.0 Å². The standard InChI is InChI=1S/C30H33N5O4/c1-21(2)33-27-9-6-12-31-29(27)34-13-15-35(16-14-34)30(37)25-18-32-26-11-10-23(17-24(25)26)38-20-28(36)39-19-22-7-4-3-5-8-22/h3-12,17-18,21,32-33H,13-16,19-20H2,1-2H3. The topological polar surface area (TPSA) is 99.8 Å². The van der Waals surface area contributed by atoms with E-state index in [2.05, 4.69) is 34.0 Å². The minimum atomic E-state index is -0.457. The maximum Gasteiger partial charge on any atom is 0.344 e. The van der Waals surface area contributed by atoms with Gasteiger partial charge in [0, 0.05) is 55.5 Å². The van der Waals surface area contributed by atoms with Crippen LogP contribution in [0.5, 0.6) is 5.75 Å². The Morgan fingerprint density at radius 1 is 1.03 bits per heavy atom. The predicted octanol–water partition coefficient (Wildman–Crippen LogP) is 4.47. The molecule has 39 heavy (non-hydrogen) atoms. The molecule has 9 nitrogen and oxygen atoms in total. The van der Waals surface area contributed by atoms with Crippen LogP contribution in [0.3, 0.4) is 0 Å². The number of piperazine rings is 1. The van der Waals surface area contributed by atoms with Crippen molar-refractivity contribution in [3.8, 4) is 5.75 Å². The van der Waals surface area contributed by atoms with E-state index < -0.39 is 5.97 Å². The molecule has 1 fully saturated rings. The number of pyridine rings is 1. The van der Waals surface area contributed by atoms with Crippen molar-refractivity contribution >= 4 is 34.3 Å². The number of hydrogen-bond donors (Lipinski definition) is 2. The van der Waals surface area contributed by atoms with Crippen molar-refractivity contribution in [2.24, 2.45) is 0 Å². The van der Waals surface area contributed by atoms with Gasteiger partial charge in [-0.3, -0.25) is 4.79 Å². The van der Waals surface area contributed by atoms with Crippen molar-refractivity contribution < 1.29 is 19.1 Å². The Labute approximate surface area is 227 Å². The van der Waals surface area contributed by atoms with E-state index in [-0.39, 0.29) is 19.1 Å². The van der Waals surface area contributed by atoms with Crippen LogP contribution in [-0.4, -0.2) is 65.6 Å². The first kappa shape index (κ1) is 26.1. The summed E-state index contributed by atoms with van der Waals surface area (Å²) < 4.78 is 11.0. The van der Waals surface area contributed by atoms with Crippen molar-refractivity contribution in [2.45, 2.75) is 26.5 Å². The molecule has 4 aromatic rings. The zero-order valence-electron chi connectivity index (χ0n) is 22.2. The van der Waals surface area contributed by atoms with Gasteiger partial charge >= 0.3 is 5.97 Å². The summed E-state index contributed by atoms with van der Waals surface area (Å²) >= 11 is 0. The number of fused-ring (bicyclic) bond motifs is 1. The van der Waals surface area contributed by atoms with Gasteiger partial charge in [-0.2, -0.15) is 0 Å². The van der Waals surface area contributed by atoms with Crippen molar-refractivity contribution in [2.75, 3.05) is 43.0 Å². The summed E-state index contributed by atoms with van der Waals surface area (Å²) in [5, 5.41) is 4.21. The molecule has 9 heteroatoms. The third-order valence-electron chi connectivity index (χ3n) is 6.58. The number of carbonyl (C=O) groups is 2.